The summed E-state index contributed by atoms with van der Waals surface area (Å²) in [5.74, 6) is -0.181. The minimum absolute atomic E-state index is 0.147. The lowest BCUT2D eigenvalue weighted by Gasteiger charge is -2.50. The van der Waals surface area contributed by atoms with E-state index in [0.717, 1.165) is 25.7 Å². The topological polar surface area (TPSA) is 52.6 Å². The molecule has 2 aliphatic carbocycles. The zero-order valence-electron chi connectivity index (χ0n) is 12.7. The third-order valence-corrected chi connectivity index (χ3v) is 5.75. The minimum atomic E-state index is -0.688. The monoisotopic (exact) mass is 406 g/mol. The Labute approximate surface area is 139 Å². The maximum atomic E-state index is 12.0. The van der Waals surface area contributed by atoms with Gasteiger partial charge in [0.05, 0.1) is 0 Å². The lowest BCUT2D eigenvalue weighted by molar-refractivity contribution is -0.177. The van der Waals surface area contributed by atoms with Crippen molar-refractivity contribution in [2.45, 2.75) is 61.4 Å². The molecule has 3 unspecified atom stereocenters. The molecule has 0 aromatic heterocycles. The summed E-state index contributed by atoms with van der Waals surface area (Å²) >= 11 is 2.51. The number of hydrogen-bond acceptors (Lipinski definition) is 4. The molecule has 0 aliphatic heterocycles. The largest absolute Gasteiger partial charge is 0.462 e. The summed E-state index contributed by atoms with van der Waals surface area (Å²) in [5.41, 5.74) is -0.304. The SMILES string of the molecule is C=C(C)C(=O)OC1(COC(C)=O)CC2CCCC(I)(C2)C1. The fourth-order valence-corrected chi connectivity index (χ4v) is 5.37. The maximum Gasteiger partial charge on any atom is 0.333 e. The molecule has 118 valence electrons. The molecule has 2 fully saturated rings. The molecule has 0 spiro atoms. The predicted octanol–water partition coefficient (Wildman–Crippen LogP) is 3.57. The number of fused-ring (bicyclic) bond motifs is 2. The molecule has 0 heterocycles. The van der Waals surface area contributed by atoms with Crippen LogP contribution in [-0.2, 0) is 19.1 Å². The van der Waals surface area contributed by atoms with Crippen LogP contribution in [0.25, 0.3) is 0 Å². The molecular weight excluding hydrogens is 383 g/mol. The van der Waals surface area contributed by atoms with Gasteiger partial charge in [-0.25, -0.2) is 4.79 Å². The van der Waals surface area contributed by atoms with Crippen LogP contribution in [-0.4, -0.2) is 27.6 Å². The Morgan fingerprint density at radius 1 is 1.33 bits per heavy atom. The van der Waals surface area contributed by atoms with Gasteiger partial charge >= 0.3 is 11.9 Å². The average molecular weight is 406 g/mol. The van der Waals surface area contributed by atoms with Gasteiger partial charge in [-0.1, -0.05) is 42.0 Å². The fraction of sp³-hybridized carbons (Fsp3) is 0.750. The minimum Gasteiger partial charge on any atom is -0.462 e. The molecule has 2 bridgehead atoms. The van der Waals surface area contributed by atoms with Crippen molar-refractivity contribution < 1.29 is 19.1 Å². The van der Waals surface area contributed by atoms with E-state index in [4.69, 9.17) is 9.47 Å². The van der Waals surface area contributed by atoms with Crippen LogP contribution in [0, 0.1) is 5.92 Å². The third-order valence-electron chi connectivity index (χ3n) is 4.39. The summed E-state index contributed by atoms with van der Waals surface area (Å²) in [6, 6.07) is 0. The van der Waals surface area contributed by atoms with Gasteiger partial charge in [0.1, 0.15) is 12.2 Å². The Morgan fingerprint density at radius 3 is 2.62 bits per heavy atom. The fourth-order valence-electron chi connectivity index (χ4n) is 3.67. The number of rotatable bonds is 4. The van der Waals surface area contributed by atoms with Crippen LogP contribution in [0.4, 0.5) is 0 Å². The summed E-state index contributed by atoms with van der Waals surface area (Å²) in [7, 11) is 0. The first-order chi connectivity index (χ1) is 9.74. The van der Waals surface area contributed by atoms with Crippen LogP contribution >= 0.6 is 22.6 Å². The summed E-state index contributed by atoms with van der Waals surface area (Å²) in [6.45, 7) is 6.84. The van der Waals surface area contributed by atoms with Crippen molar-refractivity contribution in [1.82, 2.24) is 0 Å². The van der Waals surface area contributed by atoms with E-state index in [2.05, 4.69) is 29.2 Å². The van der Waals surface area contributed by atoms with Crippen LogP contribution in [0.15, 0.2) is 12.2 Å². The van der Waals surface area contributed by atoms with Gasteiger partial charge in [-0.05, 0) is 32.1 Å². The molecule has 4 nitrogen and oxygen atoms in total. The van der Waals surface area contributed by atoms with Crippen LogP contribution in [0.3, 0.4) is 0 Å². The number of halogens is 1. The Bertz CT molecular complexity index is 461. The van der Waals surface area contributed by atoms with E-state index >= 15 is 0 Å². The zero-order valence-corrected chi connectivity index (χ0v) is 14.9. The summed E-state index contributed by atoms with van der Waals surface area (Å²) < 4.78 is 11.1. The Hall–Kier alpha value is -0.590. The van der Waals surface area contributed by atoms with Gasteiger partial charge < -0.3 is 9.47 Å². The van der Waals surface area contributed by atoms with Gasteiger partial charge in [0.15, 0.2) is 0 Å². The van der Waals surface area contributed by atoms with E-state index in [-0.39, 0.29) is 22.0 Å². The lowest BCUT2D eigenvalue weighted by Crippen LogP contribution is -2.53. The maximum absolute atomic E-state index is 12.0. The first-order valence-electron chi connectivity index (χ1n) is 7.45. The van der Waals surface area contributed by atoms with Crippen molar-refractivity contribution in [3.8, 4) is 0 Å². The van der Waals surface area contributed by atoms with Crippen molar-refractivity contribution in [2.75, 3.05) is 6.61 Å². The van der Waals surface area contributed by atoms with Gasteiger partial charge in [-0.15, -0.1) is 0 Å². The molecular formula is C16H23IO4. The lowest BCUT2D eigenvalue weighted by atomic mass is 9.66. The molecule has 2 aliphatic rings. The number of hydrogen-bond donors (Lipinski definition) is 0. The molecule has 3 atom stereocenters. The van der Waals surface area contributed by atoms with Crippen LogP contribution in [0.1, 0.15) is 52.4 Å². The van der Waals surface area contributed by atoms with E-state index in [1.807, 2.05) is 0 Å². The number of carbonyl (C=O) groups is 2. The van der Waals surface area contributed by atoms with Crippen molar-refractivity contribution in [3.63, 3.8) is 0 Å². The molecule has 0 N–H and O–H groups in total. The second-order valence-electron chi connectivity index (χ2n) is 6.63. The summed E-state index contributed by atoms with van der Waals surface area (Å²) in [6.07, 6.45) is 6.23. The standard InChI is InChI=1S/C16H23IO4/c1-11(2)14(19)21-16(10-20-12(3)18)8-13-5-4-6-15(17,7-13)9-16/h13H,1,4-10H2,2-3H3. The molecule has 0 amide bonds. The molecule has 5 heteroatoms. The van der Waals surface area contributed by atoms with Crippen molar-refractivity contribution in [2.24, 2.45) is 5.92 Å². The highest BCUT2D eigenvalue weighted by molar-refractivity contribution is 14.1. The van der Waals surface area contributed by atoms with E-state index in [9.17, 15) is 9.59 Å². The predicted molar refractivity (Wildman–Crippen MR) is 88.2 cm³/mol. The van der Waals surface area contributed by atoms with Crippen molar-refractivity contribution in [1.29, 1.82) is 0 Å². The van der Waals surface area contributed by atoms with Gasteiger partial charge in [-0.3, -0.25) is 4.79 Å². The number of esters is 2. The Morgan fingerprint density at radius 2 is 2.05 bits per heavy atom. The normalized spacial score (nSPS) is 34.9. The highest BCUT2D eigenvalue weighted by Crippen LogP contribution is 2.53. The smallest absolute Gasteiger partial charge is 0.333 e. The number of alkyl halides is 1. The quantitative estimate of drug-likeness (QED) is 0.310. The van der Waals surface area contributed by atoms with Gasteiger partial charge in [0.25, 0.3) is 0 Å². The van der Waals surface area contributed by atoms with Gasteiger partial charge in [0.2, 0.25) is 0 Å². The molecule has 2 saturated carbocycles. The zero-order chi connectivity index (χ0) is 15.7. The highest BCUT2D eigenvalue weighted by Gasteiger charge is 2.51. The Kier molecular flexibility index (Phi) is 5.00. The summed E-state index contributed by atoms with van der Waals surface area (Å²) in [4.78, 5) is 23.2. The second kappa shape index (κ2) is 6.26. The summed E-state index contributed by atoms with van der Waals surface area (Å²) in [5, 5.41) is 0. The van der Waals surface area contributed by atoms with E-state index in [1.54, 1.807) is 6.92 Å². The first-order valence-corrected chi connectivity index (χ1v) is 8.53. The van der Waals surface area contributed by atoms with Gasteiger partial charge in [0, 0.05) is 22.3 Å². The first kappa shape index (κ1) is 16.8. The van der Waals surface area contributed by atoms with E-state index < -0.39 is 5.60 Å². The van der Waals surface area contributed by atoms with Crippen LogP contribution < -0.4 is 0 Å². The molecule has 2 rings (SSSR count). The highest BCUT2D eigenvalue weighted by atomic mass is 127. The molecule has 21 heavy (non-hydrogen) atoms. The van der Waals surface area contributed by atoms with Crippen molar-refractivity contribution in [3.05, 3.63) is 12.2 Å². The average Bonchev–Trinajstić information content (AvgIpc) is 2.34. The van der Waals surface area contributed by atoms with E-state index in [0.29, 0.717) is 11.5 Å². The second-order valence-corrected chi connectivity index (χ2v) is 8.92. The van der Waals surface area contributed by atoms with Crippen LogP contribution in [0.5, 0.6) is 0 Å². The number of ether oxygens (including phenoxy) is 2. The van der Waals surface area contributed by atoms with Crippen LogP contribution in [0.2, 0.25) is 0 Å². The van der Waals surface area contributed by atoms with Gasteiger partial charge in [-0.2, -0.15) is 0 Å². The third kappa shape index (κ3) is 4.20. The van der Waals surface area contributed by atoms with Crippen molar-refractivity contribution >= 4 is 34.5 Å². The molecule has 0 saturated heterocycles. The molecule has 0 aromatic rings. The number of carbonyl (C=O) groups excluding carboxylic acids is 2. The van der Waals surface area contributed by atoms with E-state index in [1.165, 1.54) is 19.8 Å². The molecule has 0 aromatic carbocycles. The molecule has 0 radical (unpaired) electrons. The Balaban J connectivity index is 2.20.